The fraction of sp³-hybridized carbons (Fsp3) is 0.259. The topological polar surface area (TPSA) is 75.2 Å². The number of hydrogen-bond donors (Lipinski definition) is 1. The van der Waals surface area contributed by atoms with E-state index in [0.29, 0.717) is 22.8 Å². The molecule has 2 aromatic carbocycles. The molecule has 2 heterocycles. The van der Waals surface area contributed by atoms with Crippen molar-refractivity contribution < 1.29 is 18.4 Å². The molecule has 0 fully saturated rings. The molecule has 1 atom stereocenters. The monoisotopic (exact) mass is 540 g/mol. The largest absolute Gasteiger partial charge is 0.342 e. The molecule has 0 aliphatic carbocycles. The van der Waals surface area contributed by atoms with E-state index in [1.165, 1.54) is 57.3 Å². The summed E-state index contributed by atoms with van der Waals surface area (Å²) in [7, 11) is 1.62. The first-order valence-electron chi connectivity index (χ1n) is 11.6. The Balaban J connectivity index is 1.71. The molecule has 1 N–H and O–H groups in total. The summed E-state index contributed by atoms with van der Waals surface area (Å²) in [5, 5.41) is 10.8. The second-order valence-corrected chi connectivity index (χ2v) is 11.1. The van der Waals surface area contributed by atoms with Crippen LogP contribution in [0.15, 0.2) is 60.1 Å². The lowest BCUT2D eigenvalue weighted by Crippen LogP contribution is -2.36. The van der Waals surface area contributed by atoms with Crippen LogP contribution in [0.1, 0.15) is 47.5 Å². The van der Waals surface area contributed by atoms with Gasteiger partial charge >= 0.3 is 0 Å². The minimum absolute atomic E-state index is 0.0111. The Labute approximate surface area is 222 Å². The molecule has 0 radical (unpaired) electrons. The lowest BCUT2D eigenvalue weighted by atomic mass is 9.73. The van der Waals surface area contributed by atoms with Gasteiger partial charge in [-0.05, 0) is 54.4 Å². The lowest BCUT2D eigenvalue weighted by molar-refractivity contribution is -0.124. The third kappa shape index (κ3) is 5.60. The number of thiophene rings is 1. The molecule has 0 unspecified atom stereocenters. The minimum Gasteiger partial charge on any atom is -0.342 e. The van der Waals surface area contributed by atoms with Gasteiger partial charge in [-0.15, -0.1) is 21.5 Å². The van der Waals surface area contributed by atoms with Gasteiger partial charge < -0.3 is 10.2 Å². The van der Waals surface area contributed by atoms with Gasteiger partial charge in [0, 0.05) is 29.3 Å². The molecule has 37 heavy (non-hydrogen) atoms. The van der Waals surface area contributed by atoms with Crippen LogP contribution >= 0.6 is 22.7 Å². The van der Waals surface area contributed by atoms with Crippen LogP contribution in [0.5, 0.6) is 0 Å². The zero-order valence-electron chi connectivity index (χ0n) is 20.8. The lowest BCUT2D eigenvalue weighted by Gasteiger charge is -2.32. The molecule has 4 rings (SSSR count). The summed E-state index contributed by atoms with van der Waals surface area (Å²) < 4.78 is 29.1. The maximum Gasteiger partial charge on any atom is 0.256 e. The van der Waals surface area contributed by atoms with Crippen molar-refractivity contribution in [3.05, 3.63) is 87.7 Å². The van der Waals surface area contributed by atoms with E-state index in [2.05, 4.69) is 15.5 Å². The number of carbonyl (C=O) groups is 2. The average molecular weight is 541 g/mol. The third-order valence-electron chi connectivity index (χ3n) is 6.29. The number of amides is 2. The molecule has 0 spiro atoms. The van der Waals surface area contributed by atoms with Crippen LogP contribution in [0.2, 0.25) is 0 Å². The number of benzene rings is 2. The van der Waals surface area contributed by atoms with Crippen LogP contribution in [0.25, 0.3) is 10.4 Å². The number of rotatable bonds is 8. The molecule has 0 aliphatic heterocycles. The maximum atomic E-state index is 14.9. The Kier molecular flexibility index (Phi) is 7.79. The van der Waals surface area contributed by atoms with Crippen molar-refractivity contribution in [3.8, 4) is 10.4 Å². The fourth-order valence-corrected chi connectivity index (χ4v) is 5.85. The number of anilines is 1. The standard InChI is InChI=1S/C27H26F2N4O2S2/c1-5-33(4)24(34)19-10-9-16(14-20(19)29)21-11-12-22(37-21)23(17-7-6-8-18(28)13-17)27(2,3)25(35)31-26-32-30-15-36-26/h6-15,23H,5H2,1-4H3,(H,31,32,35)/t23-/m0/s1. The number of hydrogen-bond acceptors (Lipinski definition) is 6. The van der Waals surface area contributed by atoms with Gasteiger partial charge in [0.15, 0.2) is 0 Å². The van der Waals surface area contributed by atoms with Crippen molar-refractivity contribution >= 4 is 39.6 Å². The highest BCUT2D eigenvalue weighted by atomic mass is 32.1. The van der Waals surface area contributed by atoms with Gasteiger partial charge in [0.1, 0.15) is 17.1 Å². The number of nitrogens with zero attached hydrogens (tertiary/aromatic N) is 3. The first-order valence-corrected chi connectivity index (χ1v) is 13.3. The van der Waals surface area contributed by atoms with E-state index in [0.717, 1.165) is 9.75 Å². The van der Waals surface area contributed by atoms with Crippen molar-refractivity contribution in [2.45, 2.75) is 26.7 Å². The Morgan fingerprint density at radius 3 is 2.54 bits per heavy atom. The molecule has 0 bridgehead atoms. The van der Waals surface area contributed by atoms with Crippen molar-refractivity contribution in [2.24, 2.45) is 5.41 Å². The quantitative estimate of drug-likeness (QED) is 0.279. The van der Waals surface area contributed by atoms with Crippen LogP contribution in [0, 0.1) is 17.0 Å². The molecule has 0 saturated heterocycles. The molecular formula is C27H26F2N4O2S2. The predicted molar refractivity (Wildman–Crippen MR) is 143 cm³/mol. The summed E-state index contributed by atoms with van der Waals surface area (Å²) in [5.74, 6) is -2.18. The van der Waals surface area contributed by atoms with Gasteiger partial charge in [-0.3, -0.25) is 9.59 Å². The summed E-state index contributed by atoms with van der Waals surface area (Å²) in [4.78, 5) is 28.8. The molecule has 2 aromatic heterocycles. The molecule has 2 amide bonds. The van der Waals surface area contributed by atoms with E-state index in [-0.39, 0.29) is 17.4 Å². The minimum atomic E-state index is -1.01. The highest BCUT2D eigenvalue weighted by Gasteiger charge is 2.40. The molecule has 0 saturated carbocycles. The predicted octanol–water partition coefficient (Wildman–Crippen LogP) is 6.43. The van der Waals surface area contributed by atoms with E-state index in [4.69, 9.17) is 0 Å². The normalized spacial score (nSPS) is 12.3. The Morgan fingerprint density at radius 2 is 1.89 bits per heavy atom. The van der Waals surface area contributed by atoms with E-state index in [9.17, 15) is 18.4 Å². The molecule has 4 aromatic rings. The third-order valence-corrected chi connectivity index (χ3v) is 8.09. The molecule has 0 aliphatic rings. The fourth-order valence-electron chi connectivity index (χ4n) is 4.09. The van der Waals surface area contributed by atoms with Gasteiger partial charge in [0.25, 0.3) is 5.91 Å². The van der Waals surface area contributed by atoms with E-state index in [1.807, 2.05) is 19.1 Å². The zero-order valence-corrected chi connectivity index (χ0v) is 22.4. The van der Waals surface area contributed by atoms with Gasteiger partial charge in [-0.1, -0.05) is 43.4 Å². The number of nitrogens with one attached hydrogen (secondary N) is 1. The van der Waals surface area contributed by atoms with Gasteiger partial charge in [0.05, 0.1) is 11.0 Å². The molecular weight excluding hydrogens is 514 g/mol. The molecule has 192 valence electrons. The average Bonchev–Trinajstić information content (AvgIpc) is 3.56. The van der Waals surface area contributed by atoms with Crippen molar-refractivity contribution in [1.82, 2.24) is 15.1 Å². The number of carbonyl (C=O) groups excluding carboxylic acids is 2. The van der Waals surface area contributed by atoms with E-state index < -0.39 is 23.0 Å². The smallest absolute Gasteiger partial charge is 0.256 e. The van der Waals surface area contributed by atoms with Crippen molar-refractivity contribution in [1.29, 1.82) is 0 Å². The van der Waals surface area contributed by atoms with Gasteiger partial charge in [-0.25, -0.2) is 8.78 Å². The first kappa shape index (κ1) is 26.6. The van der Waals surface area contributed by atoms with Gasteiger partial charge in [0.2, 0.25) is 11.0 Å². The van der Waals surface area contributed by atoms with Gasteiger partial charge in [-0.2, -0.15) is 0 Å². The van der Waals surface area contributed by atoms with Crippen molar-refractivity contribution in [2.75, 3.05) is 18.9 Å². The van der Waals surface area contributed by atoms with Crippen LogP contribution in [0.3, 0.4) is 0 Å². The Bertz CT molecular complexity index is 1420. The SMILES string of the molecule is CCN(C)C(=O)c1ccc(-c2ccc([C@H](c3cccc(F)c3)C(C)(C)C(=O)Nc3nncs3)s2)cc1F. The zero-order chi connectivity index (χ0) is 26.7. The van der Waals surface area contributed by atoms with Crippen LogP contribution in [-0.4, -0.2) is 40.5 Å². The van der Waals surface area contributed by atoms with Crippen LogP contribution < -0.4 is 5.32 Å². The number of aromatic nitrogens is 2. The Hall–Kier alpha value is -3.50. The molecule has 6 nitrogen and oxygen atoms in total. The highest BCUT2D eigenvalue weighted by Crippen LogP contribution is 2.46. The highest BCUT2D eigenvalue weighted by molar-refractivity contribution is 7.15. The van der Waals surface area contributed by atoms with Crippen LogP contribution in [0.4, 0.5) is 13.9 Å². The van der Waals surface area contributed by atoms with Crippen LogP contribution in [-0.2, 0) is 4.79 Å². The summed E-state index contributed by atoms with van der Waals surface area (Å²) in [6.07, 6.45) is 0. The summed E-state index contributed by atoms with van der Waals surface area (Å²) in [5.41, 5.74) is 1.78. The van der Waals surface area contributed by atoms with E-state index >= 15 is 0 Å². The maximum absolute atomic E-state index is 14.9. The summed E-state index contributed by atoms with van der Waals surface area (Å²) in [6.45, 7) is 5.88. The number of halogens is 2. The van der Waals surface area contributed by atoms with E-state index in [1.54, 1.807) is 39.1 Å². The first-order chi connectivity index (χ1) is 17.6. The molecule has 10 heteroatoms. The summed E-state index contributed by atoms with van der Waals surface area (Å²) in [6, 6.07) is 14.4. The van der Waals surface area contributed by atoms with Crippen molar-refractivity contribution in [3.63, 3.8) is 0 Å². The second kappa shape index (κ2) is 10.9. The summed E-state index contributed by atoms with van der Waals surface area (Å²) >= 11 is 2.60. The second-order valence-electron chi connectivity index (χ2n) is 9.12. The Morgan fingerprint density at radius 1 is 1.11 bits per heavy atom.